The van der Waals surface area contributed by atoms with Gasteiger partial charge in [0, 0.05) is 11.1 Å². The minimum absolute atomic E-state index is 0.114. The summed E-state index contributed by atoms with van der Waals surface area (Å²) < 4.78 is 26.9. The van der Waals surface area contributed by atoms with Gasteiger partial charge in [-0.2, -0.15) is 0 Å². The Hall–Kier alpha value is -1.55. The molecule has 0 saturated carbocycles. The second kappa shape index (κ2) is 5.40. The molecule has 0 radical (unpaired) electrons. The minimum Gasteiger partial charge on any atom is -0.236 e. The first-order chi connectivity index (χ1) is 8.63. The van der Waals surface area contributed by atoms with Gasteiger partial charge in [0.25, 0.3) is 0 Å². The normalized spacial score (nSPS) is 10.7. The summed E-state index contributed by atoms with van der Waals surface area (Å²) in [5.41, 5.74) is 1.11. The number of aromatic nitrogens is 2. The number of rotatable bonds is 3. The van der Waals surface area contributed by atoms with Crippen molar-refractivity contribution in [2.24, 2.45) is 0 Å². The largest absolute Gasteiger partial charge is 0.236 e. The highest BCUT2D eigenvalue weighted by Crippen LogP contribution is 2.29. The minimum atomic E-state index is -0.525. The van der Waals surface area contributed by atoms with E-state index in [1.165, 1.54) is 6.33 Å². The molecule has 94 valence electrons. The van der Waals surface area contributed by atoms with E-state index in [-0.39, 0.29) is 10.7 Å². The van der Waals surface area contributed by atoms with Crippen molar-refractivity contribution in [1.82, 2.24) is 9.97 Å². The van der Waals surface area contributed by atoms with Crippen LogP contribution in [-0.4, -0.2) is 9.97 Å². The van der Waals surface area contributed by atoms with Crippen molar-refractivity contribution >= 4 is 11.6 Å². The van der Waals surface area contributed by atoms with Crippen LogP contribution in [0.1, 0.15) is 18.9 Å². The fourth-order valence-electron chi connectivity index (χ4n) is 1.77. The third-order valence-electron chi connectivity index (χ3n) is 2.58. The number of nitrogens with zero attached hydrogens (tertiary/aromatic N) is 2. The smallest absolute Gasteiger partial charge is 0.136 e. The first kappa shape index (κ1) is 12.9. The summed E-state index contributed by atoms with van der Waals surface area (Å²) in [6.07, 6.45) is 2.68. The lowest BCUT2D eigenvalue weighted by molar-refractivity contribution is 0.602. The number of halogens is 3. The molecule has 0 atom stereocenters. The first-order valence-electron chi connectivity index (χ1n) is 5.58. The van der Waals surface area contributed by atoms with Gasteiger partial charge in [-0.05, 0) is 24.6 Å². The van der Waals surface area contributed by atoms with E-state index in [0.29, 0.717) is 17.7 Å². The van der Waals surface area contributed by atoms with Crippen molar-refractivity contribution in [3.05, 3.63) is 46.9 Å². The zero-order chi connectivity index (χ0) is 13.1. The van der Waals surface area contributed by atoms with Gasteiger partial charge in [-0.3, -0.25) is 0 Å². The monoisotopic (exact) mass is 268 g/mol. The van der Waals surface area contributed by atoms with Gasteiger partial charge < -0.3 is 0 Å². The number of benzene rings is 1. The van der Waals surface area contributed by atoms with E-state index in [1.54, 1.807) is 0 Å². The molecule has 5 heteroatoms. The average molecular weight is 269 g/mol. The second-order valence-corrected chi connectivity index (χ2v) is 4.22. The predicted octanol–water partition coefficient (Wildman–Crippen LogP) is 4.03. The topological polar surface area (TPSA) is 25.8 Å². The molecule has 2 nitrogen and oxygen atoms in total. The molecule has 0 bridgehead atoms. The Balaban J connectivity index is 2.63. The molecule has 0 fully saturated rings. The molecule has 18 heavy (non-hydrogen) atoms. The summed E-state index contributed by atoms with van der Waals surface area (Å²) in [4.78, 5) is 7.90. The van der Waals surface area contributed by atoms with Crippen LogP contribution >= 0.6 is 11.6 Å². The molecule has 0 spiro atoms. The molecule has 0 amide bonds. The molecule has 1 aromatic heterocycles. The molecule has 0 aliphatic rings. The highest BCUT2D eigenvalue weighted by Gasteiger charge is 2.15. The highest BCUT2D eigenvalue weighted by atomic mass is 35.5. The Morgan fingerprint density at radius 2 is 2.00 bits per heavy atom. The van der Waals surface area contributed by atoms with Crippen LogP contribution in [-0.2, 0) is 6.42 Å². The van der Waals surface area contributed by atoms with Crippen LogP contribution in [0, 0.1) is 11.6 Å². The Morgan fingerprint density at radius 3 is 2.72 bits per heavy atom. The Morgan fingerprint density at radius 1 is 1.22 bits per heavy atom. The van der Waals surface area contributed by atoms with Gasteiger partial charge in [0.05, 0.1) is 5.69 Å². The summed E-state index contributed by atoms with van der Waals surface area (Å²) >= 11 is 5.98. The van der Waals surface area contributed by atoms with Crippen molar-refractivity contribution in [1.29, 1.82) is 0 Å². The standard InChI is InChI=1S/C13H11ClF2N2/c1-2-3-9-12(17-7-18-13(9)14)10-6-8(15)4-5-11(10)16/h4-7H,2-3H2,1H3. The summed E-state index contributed by atoms with van der Waals surface area (Å²) in [7, 11) is 0. The van der Waals surface area contributed by atoms with Crippen LogP contribution in [0.2, 0.25) is 5.15 Å². The quantitative estimate of drug-likeness (QED) is 0.786. The van der Waals surface area contributed by atoms with E-state index >= 15 is 0 Å². The molecule has 2 rings (SSSR count). The molecular formula is C13H11ClF2N2. The van der Waals surface area contributed by atoms with Crippen LogP contribution in [0.4, 0.5) is 8.78 Å². The lowest BCUT2D eigenvalue weighted by Gasteiger charge is -2.09. The van der Waals surface area contributed by atoms with Crippen LogP contribution in [0.5, 0.6) is 0 Å². The van der Waals surface area contributed by atoms with E-state index in [9.17, 15) is 8.78 Å². The number of hydrogen-bond acceptors (Lipinski definition) is 2. The van der Waals surface area contributed by atoms with Gasteiger partial charge in [0.15, 0.2) is 0 Å². The van der Waals surface area contributed by atoms with Crippen molar-refractivity contribution in [3.63, 3.8) is 0 Å². The van der Waals surface area contributed by atoms with Crippen molar-refractivity contribution in [2.45, 2.75) is 19.8 Å². The van der Waals surface area contributed by atoms with Gasteiger partial charge in [-0.1, -0.05) is 24.9 Å². The predicted molar refractivity (Wildman–Crippen MR) is 66.4 cm³/mol. The van der Waals surface area contributed by atoms with Crippen LogP contribution in [0.15, 0.2) is 24.5 Å². The number of hydrogen-bond donors (Lipinski definition) is 0. The van der Waals surface area contributed by atoms with Crippen LogP contribution < -0.4 is 0 Å². The summed E-state index contributed by atoms with van der Waals surface area (Å²) in [6, 6.07) is 3.27. The van der Waals surface area contributed by atoms with Gasteiger partial charge in [0.2, 0.25) is 0 Å². The second-order valence-electron chi connectivity index (χ2n) is 3.87. The van der Waals surface area contributed by atoms with E-state index < -0.39 is 11.6 Å². The maximum atomic E-state index is 13.7. The molecule has 1 aromatic carbocycles. The SMILES string of the molecule is CCCc1c(Cl)ncnc1-c1cc(F)ccc1F. The third kappa shape index (κ3) is 2.48. The zero-order valence-corrected chi connectivity index (χ0v) is 10.5. The summed E-state index contributed by atoms with van der Waals surface area (Å²) in [5, 5.41) is 0.283. The van der Waals surface area contributed by atoms with E-state index in [2.05, 4.69) is 9.97 Å². The lowest BCUT2D eigenvalue weighted by atomic mass is 10.0. The molecule has 0 aliphatic heterocycles. The fraction of sp³-hybridized carbons (Fsp3) is 0.231. The Kier molecular flexibility index (Phi) is 3.87. The highest BCUT2D eigenvalue weighted by molar-refractivity contribution is 6.30. The summed E-state index contributed by atoms with van der Waals surface area (Å²) in [5.74, 6) is -1.04. The molecule has 2 aromatic rings. The van der Waals surface area contributed by atoms with Gasteiger partial charge >= 0.3 is 0 Å². The van der Waals surface area contributed by atoms with E-state index in [4.69, 9.17) is 11.6 Å². The van der Waals surface area contributed by atoms with Gasteiger partial charge in [-0.25, -0.2) is 18.7 Å². The van der Waals surface area contributed by atoms with E-state index in [1.807, 2.05) is 6.92 Å². The molecular weight excluding hydrogens is 258 g/mol. The first-order valence-corrected chi connectivity index (χ1v) is 5.96. The van der Waals surface area contributed by atoms with Crippen molar-refractivity contribution < 1.29 is 8.78 Å². The molecule has 0 unspecified atom stereocenters. The summed E-state index contributed by atoms with van der Waals surface area (Å²) in [6.45, 7) is 1.97. The zero-order valence-electron chi connectivity index (χ0n) is 9.75. The average Bonchev–Trinajstić information content (AvgIpc) is 2.35. The van der Waals surface area contributed by atoms with Crippen LogP contribution in [0.25, 0.3) is 11.3 Å². The Labute approximate surface area is 109 Å². The fourth-order valence-corrected chi connectivity index (χ4v) is 2.00. The maximum Gasteiger partial charge on any atom is 0.136 e. The van der Waals surface area contributed by atoms with Crippen molar-refractivity contribution in [2.75, 3.05) is 0 Å². The molecule has 0 N–H and O–H groups in total. The molecule has 0 aliphatic carbocycles. The molecule has 0 saturated heterocycles. The molecule has 1 heterocycles. The maximum absolute atomic E-state index is 13.7. The van der Waals surface area contributed by atoms with Gasteiger partial charge in [-0.15, -0.1) is 0 Å². The van der Waals surface area contributed by atoms with Crippen molar-refractivity contribution in [3.8, 4) is 11.3 Å². The third-order valence-corrected chi connectivity index (χ3v) is 2.90. The van der Waals surface area contributed by atoms with Gasteiger partial charge in [0.1, 0.15) is 23.1 Å². The Bertz CT molecular complexity index is 573. The van der Waals surface area contributed by atoms with E-state index in [0.717, 1.165) is 24.6 Å². The lowest BCUT2D eigenvalue weighted by Crippen LogP contribution is -1.99. The van der Waals surface area contributed by atoms with Crippen LogP contribution in [0.3, 0.4) is 0 Å².